The summed E-state index contributed by atoms with van der Waals surface area (Å²) in [5.41, 5.74) is 1.05. The van der Waals surface area contributed by atoms with Crippen LogP contribution in [0.25, 0.3) is 0 Å². The van der Waals surface area contributed by atoms with Crippen molar-refractivity contribution in [2.45, 2.75) is 45.9 Å². The van der Waals surface area contributed by atoms with Gasteiger partial charge in [0.25, 0.3) is 0 Å². The fraction of sp³-hybridized carbons (Fsp3) is 0.650. The number of benzene rings is 1. The van der Waals surface area contributed by atoms with Crippen molar-refractivity contribution in [2.75, 3.05) is 40.8 Å². The number of hydrogen-bond acceptors (Lipinski definition) is 6. The Bertz CT molecular complexity index is 577. The molecule has 4 N–H and O–H groups in total. The first kappa shape index (κ1) is 25.3. The van der Waals surface area contributed by atoms with Gasteiger partial charge in [-0.2, -0.15) is 0 Å². The molecule has 0 saturated carbocycles. The molecule has 0 heterocycles. The Kier molecular flexibility index (Phi) is 10.5. The van der Waals surface area contributed by atoms with Crippen LogP contribution in [-0.2, 0) is 16.1 Å². The van der Waals surface area contributed by atoms with Crippen molar-refractivity contribution in [2.24, 2.45) is 0 Å². The number of aliphatic hydroxyl groups excluding tert-OH is 2. The Morgan fingerprint density at radius 2 is 1.85 bits per heavy atom. The standard InChI is InChI=1S/C13H21NO3.C7H16NO2/c1-13(2,3)14-7-12(17)9-4-5-11(16)10(6-9)8-15;1-7(9)10-6-5-8(2,3)4/h4-6,12,14-17H,7-8H2,1-3H3;5-6H2,1-4H3/q;+1. The average Bonchev–Trinajstić information content (AvgIpc) is 2.51. The van der Waals surface area contributed by atoms with Crippen LogP contribution in [0.5, 0.6) is 5.75 Å². The topological polar surface area (TPSA) is 99.0 Å². The van der Waals surface area contributed by atoms with Crippen molar-refractivity contribution in [1.29, 1.82) is 0 Å². The van der Waals surface area contributed by atoms with E-state index in [-0.39, 0.29) is 23.9 Å². The number of hydrogen-bond donors (Lipinski definition) is 4. The second-order valence-electron chi connectivity index (χ2n) is 8.55. The summed E-state index contributed by atoms with van der Waals surface area (Å²) in [5.74, 6) is -0.152. The van der Waals surface area contributed by atoms with Crippen molar-refractivity contribution in [3.63, 3.8) is 0 Å². The largest absolute Gasteiger partial charge is 0.508 e. The molecule has 0 amide bonds. The predicted molar refractivity (Wildman–Crippen MR) is 106 cm³/mol. The van der Waals surface area contributed by atoms with Crippen molar-refractivity contribution >= 4 is 5.97 Å². The Hall–Kier alpha value is -1.67. The zero-order chi connectivity index (χ0) is 21.3. The number of likely N-dealkylation sites (N-methyl/N-ethyl adjacent to an activating group) is 1. The maximum atomic E-state index is 10.3. The molecule has 7 nitrogen and oxygen atoms in total. The van der Waals surface area contributed by atoms with Gasteiger partial charge in [-0.25, -0.2) is 0 Å². The predicted octanol–water partition coefficient (Wildman–Crippen LogP) is 1.56. The summed E-state index contributed by atoms with van der Waals surface area (Å²) in [6, 6.07) is 4.76. The average molecular weight is 386 g/mol. The quantitative estimate of drug-likeness (QED) is 0.420. The summed E-state index contributed by atoms with van der Waals surface area (Å²) < 4.78 is 5.59. The first-order valence-corrected chi connectivity index (χ1v) is 9.04. The Morgan fingerprint density at radius 3 is 2.30 bits per heavy atom. The minimum atomic E-state index is -0.653. The molecule has 0 aliphatic rings. The summed E-state index contributed by atoms with van der Waals surface area (Å²) in [5, 5.41) is 31.6. The molecule has 0 spiro atoms. The van der Waals surface area contributed by atoms with Crippen molar-refractivity contribution < 1.29 is 29.3 Å². The smallest absolute Gasteiger partial charge is 0.302 e. The lowest BCUT2D eigenvalue weighted by atomic mass is 10.0. The number of quaternary nitrogens is 1. The van der Waals surface area contributed by atoms with Crippen LogP contribution in [0.1, 0.15) is 44.9 Å². The van der Waals surface area contributed by atoms with E-state index >= 15 is 0 Å². The zero-order valence-electron chi connectivity index (χ0n) is 17.7. The lowest BCUT2D eigenvalue weighted by Gasteiger charge is -2.23. The molecule has 0 radical (unpaired) electrons. The van der Waals surface area contributed by atoms with E-state index in [9.17, 15) is 15.0 Å². The highest BCUT2D eigenvalue weighted by Gasteiger charge is 2.14. The molecule has 0 aliphatic heterocycles. The molecule has 1 atom stereocenters. The van der Waals surface area contributed by atoms with E-state index in [1.807, 2.05) is 20.8 Å². The number of phenols is 1. The number of ether oxygens (including phenoxy) is 1. The second-order valence-corrected chi connectivity index (χ2v) is 8.55. The molecule has 0 aromatic heterocycles. The molecule has 0 saturated heterocycles. The molecule has 0 aliphatic carbocycles. The Morgan fingerprint density at radius 1 is 1.26 bits per heavy atom. The molecule has 0 bridgehead atoms. The van der Waals surface area contributed by atoms with Gasteiger partial charge in [0.1, 0.15) is 18.9 Å². The highest BCUT2D eigenvalue weighted by molar-refractivity contribution is 5.65. The van der Waals surface area contributed by atoms with E-state index in [4.69, 9.17) is 9.84 Å². The first-order valence-electron chi connectivity index (χ1n) is 9.04. The number of nitrogens with zero attached hydrogens (tertiary/aromatic N) is 1. The normalized spacial score (nSPS) is 12.8. The van der Waals surface area contributed by atoms with Crippen LogP contribution in [-0.4, -0.2) is 72.2 Å². The summed E-state index contributed by atoms with van der Waals surface area (Å²) in [7, 11) is 6.18. The highest BCUT2D eigenvalue weighted by Crippen LogP contribution is 2.22. The van der Waals surface area contributed by atoms with Crippen LogP contribution in [0, 0.1) is 0 Å². The molecule has 156 valence electrons. The van der Waals surface area contributed by atoms with Gasteiger partial charge in [-0.1, -0.05) is 6.07 Å². The summed E-state index contributed by atoms with van der Waals surface area (Å²) in [6.45, 7) is 9.06. The number of nitrogens with one attached hydrogen (secondary N) is 1. The minimum absolute atomic E-state index is 0.0484. The van der Waals surface area contributed by atoms with Gasteiger partial charge in [-0.05, 0) is 38.5 Å². The van der Waals surface area contributed by atoms with Gasteiger partial charge >= 0.3 is 5.97 Å². The van der Waals surface area contributed by atoms with Crippen LogP contribution in [0.4, 0.5) is 0 Å². The Labute approximate surface area is 163 Å². The van der Waals surface area contributed by atoms with Gasteiger partial charge in [0.15, 0.2) is 0 Å². The van der Waals surface area contributed by atoms with Gasteiger partial charge in [-0.15, -0.1) is 0 Å². The molecule has 1 unspecified atom stereocenters. The molecule has 1 aromatic rings. The van der Waals surface area contributed by atoms with Crippen LogP contribution in [0.15, 0.2) is 18.2 Å². The van der Waals surface area contributed by atoms with E-state index < -0.39 is 6.10 Å². The number of rotatable bonds is 7. The number of aromatic hydroxyl groups is 1. The van der Waals surface area contributed by atoms with E-state index in [1.165, 1.54) is 13.0 Å². The maximum absolute atomic E-state index is 10.3. The van der Waals surface area contributed by atoms with Gasteiger partial charge in [0.2, 0.25) is 0 Å². The van der Waals surface area contributed by atoms with Crippen molar-refractivity contribution in [1.82, 2.24) is 5.32 Å². The third-order valence-electron chi connectivity index (χ3n) is 3.55. The summed E-state index contributed by atoms with van der Waals surface area (Å²) in [6.07, 6.45) is -0.653. The molecule has 7 heteroatoms. The lowest BCUT2D eigenvalue weighted by molar-refractivity contribution is -0.870. The maximum Gasteiger partial charge on any atom is 0.302 e. The van der Waals surface area contributed by atoms with Gasteiger partial charge < -0.3 is 29.9 Å². The monoisotopic (exact) mass is 385 g/mol. The number of carbonyl (C=O) groups excluding carboxylic acids is 1. The fourth-order valence-electron chi connectivity index (χ4n) is 1.92. The summed E-state index contributed by atoms with van der Waals surface area (Å²) in [4.78, 5) is 10.3. The molecule has 1 rings (SSSR count). The summed E-state index contributed by atoms with van der Waals surface area (Å²) >= 11 is 0. The van der Waals surface area contributed by atoms with Gasteiger partial charge in [-0.3, -0.25) is 4.79 Å². The van der Waals surface area contributed by atoms with Crippen LogP contribution in [0.3, 0.4) is 0 Å². The van der Waals surface area contributed by atoms with Crippen LogP contribution < -0.4 is 5.32 Å². The molecule has 0 fully saturated rings. The SMILES string of the molecule is CC(=O)OCC[N+](C)(C)C.CC(C)(C)NCC(O)c1ccc(O)c(CO)c1. The van der Waals surface area contributed by atoms with E-state index in [0.29, 0.717) is 24.3 Å². The fourth-order valence-corrected chi connectivity index (χ4v) is 1.92. The number of carbonyl (C=O) groups is 1. The van der Waals surface area contributed by atoms with Crippen LogP contribution >= 0.6 is 0 Å². The lowest BCUT2D eigenvalue weighted by Crippen LogP contribution is -2.38. The van der Waals surface area contributed by atoms with Crippen LogP contribution in [0.2, 0.25) is 0 Å². The van der Waals surface area contributed by atoms with E-state index in [0.717, 1.165) is 11.0 Å². The van der Waals surface area contributed by atoms with E-state index in [1.54, 1.807) is 12.1 Å². The van der Waals surface area contributed by atoms with Gasteiger partial charge in [0.05, 0.1) is 33.9 Å². The van der Waals surface area contributed by atoms with Gasteiger partial charge in [0, 0.05) is 24.6 Å². The molecule has 1 aromatic carbocycles. The number of β-amino-alcohol motifs (C(OH)–C–C–N with tert-alkyl or cyclic N) is 1. The third-order valence-corrected chi connectivity index (χ3v) is 3.55. The van der Waals surface area contributed by atoms with Crippen molar-refractivity contribution in [3.05, 3.63) is 29.3 Å². The van der Waals surface area contributed by atoms with E-state index in [2.05, 4.69) is 26.5 Å². The zero-order valence-corrected chi connectivity index (χ0v) is 17.7. The highest BCUT2D eigenvalue weighted by atomic mass is 16.5. The molecule has 27 heavy (non-hydrogen) atoms. The number of aliphatic hydroxyl groups is 2. The minimum Gasteiger partial charge on any atom is -0.508 e. The first-order chi connectivity index (χ1) is 12.2. The number of esters is 1. The molecular formula is C20H37N2O5+. The third kappa shape index (κ3) is 13.2. The molecular weight excluding hydrogens is 348 g/mol. The second kappa shape index (κ2) is 11.2. The van der Waals surface area contributed by atoms with Crippen molar-refractivity contribution in [3.8, 4) is 5.75 Å². The Balaban J connectivity index is 0.000000580.